The summed E-state index contributed by atoms with van der Waals surface area (Å²) in [5.74, 6) is 0.392. The Morgan fingerprint density at radius 2 is 2.20 bits per heavy atom. The lowest BCUT2D eigenvalue weighted by Crippen LogP contribution is -2.16. The SMILES string of the molecule is CNCC(O)c1cc(OC)c(Cl)cc1O. The molecule has 1 aromatic carbocycles. The van der Waals surface area contributed by atoms with Crippen molar-refractivity contribution in [2.75, 3.05) is 20.7 Å². The summed E-state index contributed by atoms with van der Waals surface area (Å²) in [7, 11) is 3.19. The average Bonchev–Trinajstić information content (AvgIpc) is 2.18. The minimum Gasteiger partial charge on any atom is -0.508 e. The zero-order valence-electron chi connectivity index (χ0n) is 8.62. The summed E-state index contributed by atoms with van der Waals surface area (Å²) in [6.07, 6.45) is -0.791. The first-order valence-corrected chi connectivity index (χ1v) is 4.87. The fraction of sp³-hybridized carbons (Fsp3) is 0.400. The first kappa shape index (κ1) is 12.1. The van der Waals surface area contributed by atoms with E-state index in [-0.39, 0.29) is 5.75 Å². The highest BCUT2D eigenvalue weighted by molar-refractivity contribution is 6.32. The molecule has 1 atom stereocenters. The summed E-state index contributed by atoms with van der Waals surface area (Å²) in [6.45, 7) is 0.346. The molecule has 0 bridgehead atoms. The second kappa shape index (κ2) is 5.21. The Kier molecular flexibility index (Phi) is 4.20. The maximum absolute atomic E-state index is 9.69. The van der Waals surface area contributed by atoms with Crippen LogP contribution in [0.3, 0.4) is 0 Å². The number of ether oxygens (including phenoxy) is 1. The lowest BCUT2D eigenvalue weighted by molar-refractivity contribution is 0.173. The van der Waals surface area contributed by atoms with Crippen LogP contribution in [0.4, 0.5) is 0 Å². The van der Waals surface area contributed by atoms with Gasteiger partial charge in [-0.05, 0) is 13.1 Å². The van der Waals surface area contributed by atoms with Gasteiger partial charge in [-0.15, -0.1) is 0 Å². The Morgan fingerprint density at radius 3 is 2.73 bits per heavy atom. The van der Waals surface area contributed by atoms with Gasteiger partial charge in [0.1, 0.15) is 11.5 Å². The minimum atomic E-state index is -0.791. The van der Waals surface area contributed by atoms with Crippen molar-refractivity contribution in [3.05, 3.63) is 22.7 Å². The highest BCUT2D eigenvalue weighted by Gasteiger charge is 2.15. The van der Waals surface area contributed by atoms with Gasteiger partial charge in [-0.25, -0.2) is 0 Å². The van der Waals surface area contributed by atoms with Crippen molar-refractivity contribution in [3.8, 4) is 11.5 Å². The number of aliphatic hydroxyl groups excluding tert-OH is 1. The summed E-state index contributed by atoms with van der Waals surface area (Å²) >= 11 is 5.80. The van der Waals surface area contributed by atoms with Crippen molar-refractivity contribution in [2.24, 2.45) is 0 Å². The third-order valence-corrected chi connectivity index (χ3v) is 2.35. The van der Waals surface area contributed by atoms with Gasteiger partial charge in [-0.3, -0.25) is 0 Å². The highest BCUT2D eigenvalue weighted by Crippen LogP contribution is 2.34. The number of hydrogen-bond donors (Lipinski definition) is 3. The zero-order chi connectivity index (χ0) is 11.4. The van der Waals surface area contributed by atoms with Crippen LogP contribution in [0.25, 0.3) is 0 Å². The monoisotopic (exact) mass is 231 g/mol. The molecule has 0 fully saturated rings. The van der Waals surface area contributed by atoms with Crippen LogP contribution in [0, 0.1) is 0 Å². The maximum atomic E-state index is 9.69. The predicted molar refractivity (Wildman–Crippen MR) is 58.6 cm³/mol. The number of phenols is 1. The van der Waals surface area contributed by atoms with E-state index >= 15 is 0 Å². The lowest BCUT2D eigenvalue weighted by Gasteiger charge is -2.14. The number of halogens is 1. The molecular formula is C10H14ClNO3. The van der Waals surface area contributed by atoms with Crippen molar-refractivity contribution in [1.29, 1.82) is 0 Å². The molecule has 0 aliphatic heterocycles. The molecule has 0 radical (unpaired) electrons. The molecule has 4 nitrogen and oxygen atoms in total. The molecule has 0 spiro atoms. The summed E-state index contributed by atoms with van der Waals surface area (Å²) in [4.78, 5) is 0. The molecule has 1 rings (SSSR count). The van der Waals surface area contributed by atoms with E-state index in [1.54, 1.807) is 7.05 Å². The van der Waals surface area contributed by atoms with Gasteiger partial charge in [-0.1, -0.05) is 11.6 Å². The van der Waals surface area contributed by atoms with Gasteiger partial charge in [-0.2, -0.15) is 0 Å². The van der Waals surface area contributed by atoms with E-state index in [2.05, 4.69) is 5.32 Å². The van der Waals surface area contributed by atoms with Gasteiger partial charge < -0.3 is 20.3 Å². The molecule has 0 saturated carbocycles. The maximum Gasteiger partial charge on any atom is 0.138 e. The number of aromatic hydroxyl groups is 1. The van der Waals surface area contributed by atoms with Gasteiger partial charge in [0.2, 0.25) is 0 Å². The van der Waals surface area contributed by atoms with E-state index in [0.29, 0.717) is 22.9 Å². The predicted octanol–water partition coefficient (Wildman–Crippen LogP) is 1.31. The quantitative estimate of drug-likeness (QED) is 0.731. The van der Waals surface area contributed by atoms with E-state index in [4.69, 9.17) is 16.3 Å². The Balaban J connectivity index is 3.06. The number of methoxy groups -OCH3 is 1. The first-order chi connectivity index (χ1) is 7.10. The first-order valence-electron chi connectivity index (χ1n) is 4.49. The Labute approximate surface area is 93.4 Å². The van der Waals surface area contributed by atoms with E-state index in [0.717, 1.165) is 0 Å². The Bertz CT molecular complexity index is 344. The van der Waals surface area contributed by atoms with E-state index < -0.39 is 6.10 Å². The number of hydrogen-bond acceptors (Lipinski definition) is 4. The topological polar surface area (TPSA) is 61.7 Å². The lowest BCUT2D eigenvalue weighted by atomic mass is 10.1. The van der Waals surface area contributed by atoms with Crippen molar-refractivity contribution >= 4 is 11.6 Å². The van der Waals surface area contributed by atoms with Gasteiger partial charge in [0.15, 0.2) is 0 Å². The van der Waals surface area contributed by atoms with Crippen LogP contribution in [0.15, 0.2) is 12.1 Å². The molecule has 0 aliphatic rings. The average molecular weight is 232 g/mol. The van der Waals surface area contributed by atoms with Crippen molar-refractivity contribution in [3.63, 3.8) is 0 Å². The van der Waals surface area contributed by atoms with E-state index in [9.17, 15) is 10.2 Å². The molecule has 15 heavy (non-hydrogen) atoms. The van der Waals surface area contributed by atoms with Crippen LogP contribution >= 0.6 is 11.6 Å². The molecule has 0 aliphatic carbocycles. The zero-order valence-corrected chi connectivity index (χ0v) is 9.38. The van der Waals surface area contributed by atoms with Crippen molar-refractivity contribution in [1.82, 2.24) is 5.32 Å². The molecule has 1 unspecified atom stereocenters. The summed E-state index contributed by atoms with van der Waals surface area (Å²) in [5, 5.41) is 22.4. The summed E-state index contributed by atoms with van der Waals surface area (Å²) in [6, 6.07) is 2.88. The third kappa shape index (κ3) is 2.75. The van der Waals surface area contributed by atoms with Crippen LogP contribution in [0.2, 0.25) is 5.02 Å². The second-order valence-corrected chi connectivity index (χ2v) is 3.53. The molecule has 3 N–H and O–H groups in total. The largest absolute Gasteiger partial charge is 0.508 e. The molecule has 0 aromatic heterocycles. The van der Waals surface area contributed by atoms with Crippen LogP contribution in [0.5, 0.6) is 11.5 Å². The Morgan fingerprint density at radius 1 is 1.53 bits per heavy atom. The molecule has 1 aromatic rings. The highest BCUT2D eigenvalue weighted by atomic mass is 35.5. The van der Waals surface area contributed by atoms with Crippen molar-refractivity contribution < 1.29 is 14.9 Å². The number of benzene rings is 1. The van der Waals surface area contributed by atoms with E-state index in [1.165, 1.54) is 19.2 Å². The standard InChI is InChI=1S/C10H14ClNO3/c1-12-5-9(14)6-3-10(15-2)7(11)4-8(6)13/h3-4,9,12-14H,5H2,1-2H3. The minimum absolute atomic E-state index is 0.0384. The molecule has 0 heterocycles. The molecule has 0 amide bonds. The van der Waals surface area contributed by atoms with Crippen LogP contribution < -0.4 is 10.1 Å². The van der Waals surface area contributed by atoms with Gasteiger partial charge in [0.25, 0.3) is 0 Å². The van der Waals surface area contributed by atoms with Gasteiger partial charge in [0, 0.05) is 18.2 Å². The van der Waals surface area contributed by atoms with Crippen LogP contribution in [-0.2, 0) is 0 Å². The van der Waals surface area contributed by atoms with E-state index in [1.807, 2.05) is 0 Å². The van der Waals surface area contributed by atoms with Crippen LogP contribution in [0.1, 0.15) is 11.7 Å². The van der Waals surface area contributed by atoms with Crippen LogP contribution in [-0.4, -0.2) is 30.9 Å². The second-order valence-electron chi connectivity index (χ2n) is 3.12. The normalized spacial score (nSPS) is 12.5. The molecule has 5 heteroatoms. The number of aliphatic hydroxyl groups is 1. The number of rotatable bonds is 4. The molecule has 84 valence electrons. The summed E-state index contributed by atoms with van der Waals surface area (Å²) < 4.78 is 4.99. The fourth-order valence-corrected chi connectivity index (χ4v) is 1.52. The fourth-order valence-electron chi connectivity index (χ4n) is 1.29. The third-order valence-electron chi connectivity index (χ3n) is 2.06. The molecule has 0 saturated heterocycles. The number of phenolic OH excluding ortho intramolecular Hbond substituents is 1. The summed E-state index contributed by atoms with van der Waals surface area (Å²) in [5.41, 5.74) is 0.394. The smallest absolute Gasteiger partial charge is 0.138 e. The van der Waals surface area contributed by atoms with Gasteiger partial charge >= 0.3 is 0 Å². The Hall–Kier alpha value is -0.970. The molecular weight excluding hydrogens is 218 g/mol. The van der Waals surface area contributed by atoms with Crippen molar-refractivity contribution in [2.45, 2.75) is 6.10 Å². The number of nitrogens with one attached hydrogen (secondary N) is 1. The van der Waals surface area contributed by atoms with Gasteiger partial charge in [0.05, 0.1) is 18.2 Å². The number of likely N-dealkylation sites (N-methyl/N-ethyl adjacent to an activating group) is 1.